The molecule has 5 aromatic rings. The highest BCUT2D eigenvalue weighted by Crippen LogP contribution is 2.49. The van der Waals surface area contributed by atoms with Crippen molar-refractivity contribution in [1.29, 1.82) is 0 Å². The van der Waals surface area contributed by atoms with E-state index >= 15 is 0 Å². The van der Waals surface area contributed by atoms with Gasteiger partial charge in [0, 0.05) is 24.8 Å². The molecule has 0 saturated carbocycles. The molecule has 7 rings (SSSR count). The summed E-state index contributed by atoms with van der Waals surface area (Å²) in [6.07, 6.45) is 7.45. The smallest absolute Gasteiger partial charge is 0.407 e. The number of methoxy groups -OCH3 is 1. The Balaban J connectivity index is 1.06. The van der Waals surface area contributed by atoms with Crippen LogP contribution < -0.4 is 26.6 Å². The number of allylic oxidation sites excluding steroid dienone is 4. The van der Waals surface area contributed by atoms with Crippen LogP contribution in [0.3, 0.4) is 0 Å². The largest absolute Gasteiger partial charge is 0.480 e. The highest BCUT2D eigenvalue weighted by molar-refractivity contribution is 5.93. The van der Waals surface area contributed by atoms with Gasteiger partial charge in [-0.25, -0.2) is 14.4 Å². The van der Waals surface area contributed by atoms with E-state index in [1.54, 1.807) is 0 Å². The quantitative estimate of drug-likeness (QED) is 0.0134. The number of rotatable bonds is 26. The maximum atomic E-state index is 14.6. The summed E-state index contributed by atoms with van der Waals surface area (Å²) in [7, 11) is 1.20. The average molecular weight is 1020 g/mol. The second kappa shape index (κ2) is 27.3. The minimum Gasteiger partial charge on any atom is -0.480 e. The Morgan fingerprint density at radius 1 is 0.587 bits per heavy atom. The molecule has 0 spiro atoms. The molecule has 0 fully saturated rings. The van der Waals surface area contributed by atoms with E-state index in [1.165, 1.54) is 12.7 Å². The average Bonchev–Trinajstić information content (AvgIpc) is 3.76. The number of unbranched alkanes of at least 4 members (excludes halogenated alkanes) is 1. The van der Waals surface area contributed by atoms with E-state index < -0.39 is 59.6 Å². The van der Waals surface area contributed by atoms with Crippen molar-refractivity contribution in [3.63, 3.8) is 0 Å². The van der Waals surface area contributed by atoms with Crippen LogP contribution in [0.5, 0.6) is 0 Å². The number of carbonyl (C=O) groups excluding carboxylic acids is 5. The van der Waals surface area contributed by atoms with Crippen molar-refractivity contribution < 1.29 is 48.1 Å². The molecule has 2 aliphatic rings. The lowest BCUT2D eigenvalue weighted by Gasteiger charge is -2.37. The van der Waals surface area contributed by atoms with Gasteiger partial charge in [0.1, 0.15) is 31.3 Å². The predicted molar refractivity (Wildman–Crippen MR) is 284 cm³/mol. The van der Waals surface area contributed by atoms with Crippen molar-refractivity contribution in [2.24, 2.45) is 5.92 Å². The maximum absolute atomic E-state index is 14.6. The summed E-state index contributed by atoms with van der Waals surface area (Å²) in [5, 5.41) is 24.7. The highest BCUT2D eigenvalue weighted by atomic mass is 16.6. The summed E-state index contributed by atoms with van der Waals surface area (Å²) in [5.41, 5.74) is 6.34. The van der Waals surface area contributed by atoms with E-state index in [4.69, 9.17) is 14.2 Å². The van der Waals surface area contributed by atoms with Gasteiger partial charge in [-0.05, 0) is 91.3 Å². The number of carboxylic acid groups (broad SMARTS) is 1. The fourth-order valence-electron chi connectivity index (χ4n) is 9.94. The SMILES string of the molecule is COC(=O)CC[C@H](NC(=O)[C@H](CCCNC(c1ccccc1)(c1ccccc1)c1ccc(C)cc1)NC(=O)OCC1c2ccccc2C2C=CC=CC21)C(=O)N[C@@H](CCCCNC(=O)OCc1ccccc1)C(=O)O. The standard InChI is InChI=1S/C60H67N5O10/c1-41-31-33-45(34-32-41)60(43-21-8-4-9-22-43,44-23-10-5-11-24-44)62-38-18-30-51(65-59(72)75-40-50-48-27-14-12-25-46(48)47-26-13-15-28-49(47)50)55(67)63-52(35-36-54(66)73-2)56(68)64-53(57(69)70)29-16-17-37-61-58(71)74-39-42-19-6-3-7-20-42/h3-15,19-28,31-34,46,48,50-53,62H,16-18,29-30,35-40H2,1-2H3,(H,61,71)(H,63,67)(H,64,68)(H,65,72)(H,69,70)/t46?,48?,50?,51-,52-,53-/m0/s1. The summed E-state index contributed by atoms with van der Waals surface area (Å²) in [6, 6.07) is 41.8. The van der Waals surface area contributed by atoms with Gasteiger partial charge >= 0.3 is 24.1 Å². The Kier molecular flexibility index (Phi) is 19.9. The second-order valence-electron chi connectivity index (χ2n) is 18.9. The molecule has 5 aromatic carbocycles. The summed E-state index contributed by atoms with van der Waals surface area (Å²) < 4.78 is 16.0. The van der Waals surface area contributed by atoms with Gasteiger partial charge in [-0.3, -0.25) is 19.7 Å². The number of nitrogens with one attached hydrogen (secondary N) is 5. The van der Waals surface area contributed by atoms with Gasteiger partial charge in [0.05, 0.1) is 12.6 Å². The third-order valence-corrected chi connectivity index (χ3v) is 13.9. The van der Waals surface area contributed by atoms with E-state index in [-0.39, 0.29) is 63.2 Å². The monoisotopic (exact) mass is 1020 g/mol. The molecule has 75 heavy (non-hydrogen) atoms. The van der Waals surface area contributed by atoms with E-state index in [9.17, 15) is 33.9 Å². The summed E-state index contributed by atoms with van der Waals surface area (Å²) in [6.45, 7) is 2.73. The molecule has 0 heterocycles. The molecule has 392 valence electrons. The van der Waals surface area contributed by atoms with Gasteiger partial charge in [-0.15, -0.1) is 0 Å². The van der Waals surface area contributed by atoms with E-state index in [1.807, 2.05) is 104 Å². The number of alkyl carbamates (subject to hydrolysis) is 2. The summed E-state index contributed by atoms with van der Waals surface area (Å²) in [4.78, 5) is 79.7. The maximum Gasteiger partial charge on any atom is 0.407 e. The minimum atomic E-state index is -1.40. The van der Waals surface area contributed by atoms with Crippen LogP contribution >= 0.6 is 0 Å². The van der Waals surface area contributed by atoms with Crippen LogP contribution in [0.15, 0.2) is 164 Å². The lowest BCUT2D eigenvalue weighted by atomic mass is 9.76. The minimum absolute atomic E-state index is 0.00228. The molecule has 0 bridgehead atoms. The molecule has 0 aliphatic heterocycles. The Morgan fingerprint density at radius 3 is 1.81 bits per heavy atom. The first-order chi connectivity index (χ1) is 36.5. The Morgan fingerprint density at radius 2 is 1.16 bits per heavy atom. The van der Waals surface area contributed by atoms with Crippen LogP contribution in [0.25, 0.3) is 0 Å². The first kappa shape index (κ1) is 54.7. The van der Waals surface area contributed by atoms with Crippen molar-refractivity contribution in [3.8, 4) is 0 Å². The topological polar surface area (TPSA) is 210 Å². The molecule has 3 unspecified atom stereocenters. The molecule has 15 nitrogen and oxygen atoms in total. The van der Waals surface area contributed by atoms with Crippen LogP contribution in [-0.2, 0) is 45.5 Å². The fraction of sp³-hybridized carbons (Fsp3) is 0.333. The van der Waals surface area contributed by atoms with Crippen molar-refractivity contribution in [2.75, 3.05) is 26.8 Å². The third-order valence-electron chi connectivity index (χ3n) is 13.9. The van der Waals surface area contributed by atoms with E-state index in [0.29, 0.717) is 25.8 Å². The van der Waals surface area contributed by atoms with Gasteiger partial charge in [-0.1, -0.05) is 169 Å². The Hall–Kier alpha value is -8.04. The molecule has 2 aliphatic carbocycles. The highest BCUT2D eigenvalue weighted by Gasteiger charge is 2.40. The van der Waals surface area contributed by atoms with Crippen LogP contribution in [0.1, 0.15) is 95.7 Å². The molecule has 15 heteroatoms. The molecule has 6 atom stereocenters. The molecule has 0 radical (unpaired) electrons. The number of aryl methyl sites for hydroxylation is 1. The zero-order valence-corrected chi connectivity index (χ0v) is 42.5. The first-order valence-electron chi connectivity index (χ1n) is 25.6. The van der Waals surface area contributed by atoms with Crippen LogP contribution in [0.2, 0.25) is 0 Å². The van der Waals surface area contributed by atoms with Gasteiger partial charge in [0.2, 0.25) is 11.8 Å². The van der Waals surface area contributed by atoms with E-state index in [0.717, 1.165) is 33.4 Å². The van der Waals surface area contributed by atoms with Gasteiger partial charge in [-0.2, -0.15) is 0 Å². The number of carboxylic acids is 1. The lowest BCUT2D eigenvalue weighted by molar-refractivity contribution is -0.143. The van der Waals surface area contributed by atoms with Crippen LogP contribution in [0.4, 0.5) is 9.59 Å². The number of esters is 1. The van der Waals surface area contributed by atoms with Crippen LogP contribution in [-0.4, -0.2) is 86.0 Å². The van der Waals surface area contributed by atoms with Gasteiger partial charge < -0.3 is 40.6 Å². The number of benzene rings is 5. The van der Waals surface area contributed by atoms with Gasteiger partial charge in [0.15, 0.2) is 0 Å². The molecule has 4 amide bonds. The normalized spacial score (nSPS) is 16.5. The first-order valence-corrected chi connectivity index (χ1v) is 25.6. The van der Waals surface area contributed by atoms with Crippen LogP contribution in [0, 0.1) is 12.8 Å². The number of hydrogen-bond donors (Lipinski definition) is 6. The summed E-state index contributed by atoms with van der Waals surface area (Å²) >= 11 is 0. The second-order valence-corrected chi connectivity index (χ2v) is 18.9. The third kappa shape index (κ3) is 14.8. The number of ether oxygens (including phenoxy) is 3. The fourth-order valence-corrected chi connectivity index (χ4v) is 9.94. The summed E-state index contributed by atoms with van der Waals surface area (Å²) in [5.74, 6) is -3.47. The Bertz CT molecular complexity index is 2710. The van der Waals surface area contributed by atoms with Gasteiger partial charge in [0.25, 0.3) is 0 Å². The number of fused-ring (bicyclic) bond motifs is 3. The zero-order valence-electron chi connectivity index (χ0n) is 42.5. The zero-order chi connectivity index (χ0) is 53.0. The lowest BCUT2D eigenvalue weighted by Crippen LogP contribution is -2.56. The van der Waals surface area contributed by atoms with E-state index in [2.05, 4.69) is 93.3 Å². The molecular formula is C60H67N5O10. The molecule has 0 saturated heterocycles. The number of carbonyl (C=O) groups is 6. The molecular weight excluding hydrogens is 951 g/mol. The van der Waals surface area contributed by atoms with Crippen molar-refractivity contribution in [2.45, 2.75) is 94.0 Å². The number of aliphatic carboxylic acids is 1. The molecule has 6 N–H and O–H groups in total. The van der Waals surface area contributed by atoms with Crippen molar-refractivity contribution >= 4 is 35.9 Å². The number of hydrogen-bond acceptors (Lipinski definition) is 10. The predicted octanol–water partition coefficient (Wildman–Crippen LogP) is 8.48. The van der Waals surface area contributed by atoms with Crippen molar-refractivity contribution in [3.05, 3.63) is 203 Å². The Labute approximate surface area is 438 Å². The van der Waals surface area contributed by atoms with Crippen molar-refractivity contribution in [1.82, 2.24) is 26.6 Å². The number of amides is 4. The molecule has 0 aromatic heterocycles.